The number of esters is 1. The van der Waals surface area contributed by atoms with E-state index in [1.54, 1.807) is 111 Å². The quantitative estimate of drug-likeness (QED) is 0.0733. The number of amides is 4. The first-order valence-electron chi connectivity index (χ1n) is 17.8. The van der Waals surface area contributed by atoms with Crippen molar-refractivity contribution >= 4 is 81.2 Å². The molecule has 1 aliphatic rings. The van der Waals surface area contributed by atoms with E-state index >= 15 is 0 Å². The molecule has 3 N–H and O–H groups in total. The fourth-order valence-electron chi connectivity index (χ4n) is 5.59. The molecule has 1 aromatic heterocycles. The summed E-state index contributed by atoms with van der Waals surface area (Å²) in [6, 6.07) is 22.5. The number of hydrogen-bond donors (Lipinski definition) is 3. The Morgan fingerprint density at radius 2 is 1.69 bits per heavy atom. The smallest absolute Gasteiger partial charge is 0.410 e. The Hall–Kier alpha value is -5.11. The molecule has 11 nitrogen and oxygen atoms in total. The van der Waals surface area contributed by atoms with Crippen LogP contribution in [0.4, 0.5) is 15.5 Å². The third kappa shape index (κ3) is 11.2. The molecule has 3 aromatic carbocycles. The van der Waals surface area contributed by atoms with Gasteiger partial charge in [-0.3, -0.25) is 14.4 Å². The number of benzene rings is 3. The number of hydrogen-bond acceptors (Lipinski definition) is 9. The van der Waals surface area contributed by atoms with Crippen LogP contribution in [0.15, 0.2) is 89.5 Å². The molecule has 1 atom stereocenters. The van der Waals surface area contributed by atoms with Gasteiger partial charge in [-0.15, -0.1) is 23.1 Å². The van der Waals surface area contributed by atoms with Crippen LogP contribution in [0.2, 0.25) is 5.02 Å². The van der Waals surface area contributed by atoms with Crippen molar-refractivity contribution in [3.05, 3.63) is 117 Å². The van der Waals surface area contributed by atoms with Gasteiger partial charge in [-0.2, -0.15) is 0 Å². The molecule has 0 spiro atoms. The highest BCUT2D eigenvalue weighted by atomic mass is 35.5. The van der Waals surface area contributed by atoms with Gasteiger partial charge in [-0.25, -0.2) is 9.59 Å². The summed E-state index contributed by atoms with van der Waals surface area (Å²) in [4.78, 5) is 69.6. The van der Waals surface area contributed by atoms with Crippen molar-refractivity contribution < 1.29 is 33.4 Å². The van der Waals surface area contributed by atoms with Gasteiger partial charge in [0.05, 0.1) is 24.0 Å². The van der Waals surface area contributed by atoms with Gasteiger partial charge in [0.2, 0.25) is 5.91 Å². The second-order valence-electron chi connectivity index (χ2n) is 13.5. The van der Waals surface area contributed by atoms with Gasteiger partial charge in [0.1, 0.15) is 16.3 Å². The van der Waals surface area contributed by atoms with Crippen LogP contribution in [0.5, 0.6) is 0 Å². The minimum atomic E-state index is -0.655. The number of ether oxygens (including phenoxy) is 2. The summed E-state index contributed by atoms with van der Waals surface area (Å²) in [5, 5.41) is 8.91. The van der Waals surface area contributed by atoms with Crippen molar-refractivity contribution in [1.82, 2.24) is 10.2 Å². The second kappa shape index (κ2) is 18.5. The second-order valence-corrected chi connectivity index (χ2v) is 16.3. The monoisotopic (exact) mass is 802 g/mol. The van der Waals surface area contributed by atoms with Crippen molar-refractivity contribution in [2.45, 2.75) is 69.8 Å². The van der Waals surface area contributed by atoms with E-state index in [-0.39, 0.29) is 24.8 Å². The molecular weight excluding hydrogens is 760 g/mol. The van der Waals surface area contributed by atoms with E-state index in [9.17, 15) is 24.0 Å². The van der Waals surface area contributed by atoms with Crippen molar-refractivity contribution in [2.75, 3.05) is 23.8 Å². The molecule has 1 aliphatic heterocycles. The Kier molecular flexibility index (Phi) is 13.8. The lowest BCUT2D eigenvalue weighted by atomic mass is 10.0. The zero-order valence-corrected chi connectivity index (χ0v) is 33.6. The Morgan fingerprint density at radius 3 is 2.36 bits per heavy atom. The summed E-state index contributed by atoms with van der Waals surface area (Å²) < 4.78 is 10.9. The fourth-order valence-corrected chi connectivity index (χ4v) is 7.98. The molecule has 0 saturated carbocycles. The molecule has 0 fully saturated rings. The maximum absolute atomic E-state index is 13.8. The van der Waals surface area contributed by atoms with Crippen LogP contribution < -0.4 is 16.0 Å². The topological polar surface area (TPSA) is 143 Å². The van der Waals surface area contributed by atoms with E-state index in [1.165, 1.54) is 23.1 Å². The average Bonchev–Trinajstić information content (AvgIpc) is 3.51. The summed E-state index contributed by atoms with van der Waals surface area (Å²) in [5.41, 5.74) is 1.92. The molecule has 2 heterocycles. The van der Waals surface area contributed by atoms with E-state index in [0.717, 1.165) is 10.4 Å². The molecule has 0 radical (unpaired) electrons. The number of nitrogens with zero attached hydrogens (tertiary/aromatic N) is 1. The number of carbonyl (C=O) groups is 5. The van der Waals surface area contributed by atoms with Gasteiger partial charge in [-0.05, 0) is 100 Å². The number of anilines is 2. The Bertz CT molecular complexity index is 2080. The summed E-state index contributed by atoms with van der Waals surface area (Å²) in [6.07, 6.45) is 1.98. The predicted molar refractivity (Wildman–Crippen MR) is 218 cm³/mol. The lowest BCUT2D eigenvalue weighted by molar-refractivity contribution is -0.116. The van der Waals surface area contributed by atoms with Crippen molar-refractivity contribution in [1.29, 1.82) is 0 Å². The zero-order chi connectivity index (χ0) is 39.7. The molecule has 1 unspecified atom stereocenters. The predicted octanol–water partition coefficient (Wildman–Crippen LogP) is 8.79. The summed E-state index contributed by atoms with van der Waals surface area (Å²) >= 11 is 8.61. The largest absolute Gasteiger partial charge is 0.462 e. The van der Waals surface area contributed by atoms with Crippen LogP contribution >= 0.6 is 34.7 Å². The van der Waals surface area contributed by atoms with E-state index < -0.39 is 34.7 Å². The highest BCUT2D eigenvalue weighted by molar-refractivity contribution is 8.00. The van der Waals surface area contributed by atoms with Crippen LogP contribution in [0, 0.1) is 0 Å². The summed E-state index contributed by atoms with van der Waals surface area (Å²) in [5.74, 6) is -1.85. The number of fused-ring (bicyclic) bond motifs is 1. The van der Waals surface area contributed by atoms with Gasteiger partial charge in [0.15, 0.2) is 0 Å². The number of halogens is 1. The molecule has 55 heavy (non-hydrogen) atoms. The van der Waals surface area contributed by atoms with Gasteiger partial charge in [-0.1, -0.05) is 54.9 Å². The maximum atomic E-state index is 13.8. The highest BCUT2D eigenvalue weighted by Crippen LogP contribution is 2.39. The van der Waals surface area contributed by atoms with Gasteiger partial charge >= 0.3 is 12.1 Å². The van der Waals surface area contributed by atoms with Crippen LogP contribution in [-0.2, 0) is 32.0 Å². The minimum absolute atomic E-state index is 0.0188. The van der Waals surface area contributed by atoms with Crippen molar-refractivity contribution in [3.8, 4) is 0 Å². The van der Waals surface area contributed by atoms with Crippen molar-refractivity contribution in [3.63, 3.8) is 0 Å². The third-order valence-electron chi connectivity index (χ3n) is 8.17. The Labute approximate surface area is 333 Å². The molecule has 0 aliphatic carbocycles. The Balaban J connectivity index is 1.31. The standard InChI is InChI=1S/C41H43ClN4O7S2/c1-6-32(37(49)45-38-34(39(50)52-7-2)30-20-21-46(24-33(30)55-38)40(51)53-41(3,4)5)54-29-15-11-14-28(23-29)43-36(48)31(22-25-16-18-27(42)19-17-25)44-35(47)26-12-9-8-10-13-26/h8-19,22-23,32H,6-7,20-21,24H2,1-5H3,(H,43,48)(H,44,47)(H,45,49)/b31-22+. The first kappa shape index (κ1) is 41.1. The lowest BCUT2D eigenvalue weighted by Gasteiger charge is -2.30. The number of rotatable bonds is 12. The van der Waals surface area contributed by atoms with Crippen LogP contribution in [-0.4, -0.2) is 58.7 Å². The number of thioether (sulfide) groups is 1. The SMILES string of the molecule is CCOC(=O)c1c(NC(=O)C(CC)Sc2cccc(NC(=O)/C(=C\c3ccc(Cl)cc3)NC(=O)c3ccccc3)c2)sc2c1CCN(C(=O)OC(C)(C)C)C2. The molecular formula is C41H43ClN4O7S2. The van der Waals surface area contributed by atoms with Gasteiger partial charge in [0.25, 0.3) is 11.8 Å². The van der Waals surface area contributed by atoms with E-state index in [2.05, 4.69) is 16.0 Å². The number of carbonyl (C=O) groups excluding carboxylic acids is 5. The van der Waals surface area contributed by atoms with Crippen molar-refractivity contribution in [2.24, 2.45) is 0 Å². The van der Waals surface area contributed by atoms with E-state index in [0.29, 0.717) is 56.7 Å². The maximum Gasteiger partial charge on any atom is 0.410 e. The first-order valence-corrected chi connectivity index (χ1v) is 19.8. The normalized spacial score (nSPS) is 13.3. The molecule has 4 aromatic rings. The molecule has 288 valence electrons. The minimum Gasteiger partial charge on any atom is -0.462 e. The van der Waals surface area contributed by atoms with E-state index in [4.69, 9.17) is 21.1 Å². The molecule has 0 saturated heterocycles. The molecule has 4 amide bonds. The molecule has 14 heteroatoms. The number of nitrogens with one attached hydrogen (secondary N) is 3. The highest BCUT2D eigenvalue weighted by Gasteiger charge is 2.33. The first-order chi connectivity index (χ1) is 26.2. The van der Waals surface area contributed by atoms with Crippen LogP contribution in [0.1, 0.15) is 77.8 Å². The van der Waals surface area contributed by atoms with Gasteiger partial charge in [0, 0.05) is 32.6 Å². The zero-order valence-electron chi connectivity index (χ0n) is 31.2. The number of thiophene rings is 1. The van der Waals surface area contributed by atoms with Crippen LogP contribution in [0.25, 0.3) is 6.08 Å². The summed E-state index contributed by atoms with van der Waals surface area (Å²) in [6.45, 7) is 9.79. The third-order valence-corrected chi connectivity index (χ3v) is 10.9. The Morgan fingerprint density at radius 1 is 0.964 bits per heavy atom. The van der Waals surface area contributed by atoms with E-state index in [1.807, 2.05) is 13.0 Å². The fraction of sp³-hybridized carbons (Fsp3) is 0.293. The van der Waals surface area contributed by atoms with Crippen LogP contribution in [0.3, 0.4) is 0 Å². The van der Waals surface area contributed by atoms with Gasteiger partial charge < -0.3 is 30.3 Å². The summed E-state index contributed by atoms with van der Waals surface area (Å²) in [7, 11) is 0. The lowest BCUT2D eigenvalue weighted by Crippen LogP contribution is -2.39. The average molecular weight is 803 g/mol. The molecule has 0 bridgehead atoms. The molecule has 5 rings (SSSR count).